The third-order valence-electron chi connectivity index (χ3n) is 3.09. The van der Waals surface area contributed by atoms with E-state index in [4.69, 9.17) is 0 Å². The average Bonchev–Trinajstić information content (AvgIpc) is 2.85. The smallest absolute Gasteiger partial charge is 0.123 e. The highest BCUT2D eigenvalue weighted by Crippen LogP contribution is 2.23. The zero-order valence-electron chi connectivity index (χ0n) is 10.7. The first-order valence-corrected chi connectivity index (χ1v) is 7.15. The number of nitrogens with one attached hydrogen (secondary N) is 1. The van der Waals surface area contributed by atoms with Crippen LogP contribution >= 0.6 is 11.3 Å². The first-order valence-electron chi connectivity index (χ1n) is 6.21. The third-order valence-corrected chi connectivity index (χ3v) is 3.82. The van der Waals surface area contributed by atoms with Crippen molar-refractivity contribution in [1.82, 2.24) is 5.32 Å². The molecule has 96 valence electrons. The second-order valence-corrected chi connectivity index (χ2v) is 5.23. The summed E-state index contributed by atoms with van der Waals surface area (Å²) < 4.78 is 13.4. The van der Waals surface area contributed by atoms with E-state index in [1.165, 1.54) is 11.6 Å². The first-order chi connectivity index (χ1) is 8.70. The molecule has 1 unspecified atom stereocenters. The molecule has 0 saturated carbocycles. The van der Waals surface area contributed by atoms with Crippen molar-refractivity contribution in [2.45, 2.75) is 26.3 Å². The van der Waals surface area contributed by atoms with Crippen molar-refractivity contribution in [3.63, 3.8) is 0 Å². The number of aryl methyl sites for hydroxylation is 1. The Morgan fingerprint density at radius 1 is 1.33 bits per heavy atom. The molecule has 1 nitrogen and oxygen atoms in total. The molecule has 0 aliphatic heterocycles. The number of benzene rings is 1. The van der Waals surface area contributed by atoms with Crippen LogP contribution in [0.4, 0.5) is 4.39 Å². The quantitative estimate of drug-likeness (QED) is 0.856. The van der Waals surface area contributed by atoms with Gasteiger partial charge in [0.05, 0.1) is 0 Å². The van der Waals surface area contributed by atoms with E-state index in [1.54, 1.807) is 17.4 Å². The van der Waals surface area contributed by atoms with Crippen LogP contribution in [0.5, 0.6) is 0 Å². The van der Waals surface area contributed by atoms with Gasteiger partial charge in [-0.2, -0.15) is 11.3 Å². The first kappa shape index (κ1) is 13.2. The van der Waals surface area contributed by atoms with Gasteiger partial charge in [0, 0.05) is 6.04 Å². The fraction of sp³-hybridized carbons (Fsp3) is 0.333. The lowest BCUT2D eigenvalue weighted by Gasteiger charge is -2.20. The van der Waals surface area contributed by atoms with Gasteiger partial charge in [-0.05, 0) is 65.5 Å². The zero-order chi connectivity index (χ0) is 13.0. The highest BCUT2D eigenvalue weighted by atomic mass is 32.1. The topological polar surface area (TPSA) is 12.0 Å². The van der Waals surface area contributed by atoms with E-state index in [2.05, 4.69) is 29.1 Å². The molecular formula is C15H18FNS. The summed E-state index contributed by atoms with van der Waals surface area (Å²) in [6.45, 7) is 4.99. The van der Waals surface area contributed by atoms with Gasteiger partial charge in [-0.15, -0.1) is 0 Å². The largest absolute Gasteiger partial charge is 0.310 e. The third kappa shape index (κ3) is 3.18. The van der Waals surface area contributed by atoms with Crippen LogP contribution in [-0.2, 0) is 6.42 Å². The van der Waals surface area contributed by atoms with E-state index in [0.717, 1.165) is 24.1 Å². The Labute approximate surface area is 112 Å². The molecule has 0 amide bonds. The highest BCUT2D eigenvalue weighted by Gasteiger charge is 2.14. The van der Waals surface area contributed by atoms with Gasteiger partial charge >= 0.3 is 0 Å². The highest BCUT2D eigenvalue weighted by molar-refractivity contribution is 7.07. The maximum atomic E-state index is 13.4. The van der Waals surface area contributed by atoms with Crippen LogP contribution in [0.1, 0.15) is 29.7 Å². The van der Waals surface area contributed by atoms with Crippen molar-refractivity contribution < 1.29 is 4.39 Å². The molecule has 18 heavy (non-hydrogen) atoms. The number of rotatable bonds is 5. The van der Waals surface area contributed by atoms with Gasteiger partial charge in [-0.3, -0.25) is 0 Å². The maximum Gasteiger partial charge on any atom is 0.123 e. The van der Waals surface area contributed by atoms with Crippen molar-refractivity contribution in [2.24, 2.45) is 0 Å². The molecule has 3 heteroatoms. The summed E-state index contributed by atoms with van der Waals surface area (Å²) in [5.74, 6) is -0.163. The minimum absolute atomic E-state index is 0.163. The number of likely N-dealkylation sites (N-methyl/N-ethyl adjacent to an activating group) is 1. The normalized spacial score (nSPS) is 12.6. The molecule has 1 heterocycles. The van der Waals surface area contributed by atoms with Crippen LogP contribution in [0, 0.1) is 12.7 Å². The minimum Gasteiger partial charge on any atom is -0.310 e. The van der Waals surface area contributed by atoms with E-state index < -0.39 is 0 Å². The van der Waals surface area contributed by atoms with Crippen molar-refractivity contribution in [3.05, 3.63) is 57.5 Å². The second-order valence-electron chi connectivity index (χ2n) is 4.45. The number of halogens is 1. The molecule has 0 radical (unpaired) electrons. The molecule has 2 aromatic rings. The number of hydrogen-bond acceptors (Lipinski definition) is 2. The van der Waals surface area contributed by atoms with Crippen molar-refractivity contribution in [3.8, 4) is 0 Å². The Morgan fingerprint density at radius 2 is 2.17 bits per heavy atom. The van der Waals surface area contributed by atoms with Gasteiger partial charge in [-0.25, -0.2) is 4.39 Å². The molecule has 1 aromatic carbocycles. The fourth-order valence-corrected chi connectivity index (χ4v) is 2.85. The molecule has 1 aromatic heterocycles. The summed E-state index contributed by atoms with van der Waals surface area (Å²) in [6.07, 6.45) is 0.904. The summed E-state index contributed by atoms with van der Waals surface area (Å²) >= 11 is 1.70. The summed E-state index contributed by atoms with van der Waals surface area (Å²) in [5, 5.41) is 7.68. The molecule has 0 saturated heterocycles. The molecule has 2 rings (SSSR count). The fourth-order valence-electron chi connectivity index (χ4n) is 2.17. The molecule has 0 aliphatic rings. The van der Waals surface area contributed by atoms with E-state index in [1.807, 2.05) is 13.0 Å². The Kier molecular flexibility index (Phi) is 4.50. The minimum atomic E-state index is -0.163. The van der Waals surface area contributed by atoms with Crippen LogP contribution in [0.25, 0.3) is 0 Å². The van der Waals surface area contributed by atoms with Crippen LogP contribution in [0.2, 0.25) is 0 Å². The van der Waals surface area contributed by atoms with Crippen molar-refractivity contribution in [1.29, 1.82) is 0 Å². The molecule has 0 fully saturated rings. The zero-order valence-corrected chi connectivity index (χ0v) is 11.6. The van der Waals surface area contributed by atoms with Crippen molar-refractivity contribution in [2.75, 3.05) is 6.54 Å². The van der Waals surface area contributed by atoms with Gasteiger partial charge < -0.3 is 5.32 Å². The van der Waals surface area contributed by atoms with Crippen LogP contribution in [0.15, 0.2) is 35.0 Å². The Bertz CT molecular complexity index is 493. The summed E-state index contributed by atoms with van der Waals surface area (Å²) in [5.41, 5.74) is 3.50. The van der Waals surface area contributed by atoms with Gasteiger partial charge in [0.25, 0.3) is 0 Å². The van der Waals surface area contributed by atoms with Gasteiger partial charge in [0.2, 0.25) is 0 Å². The van der Waals surface area contributed by atoms with Crippen molar-refractivity contribution >= 4 is 11.3 Å². The van der Waals surface area contributed by atoms with Crippen LogP contribution in [0.3, 0.4) is 0 Å². The van der Waals surface area contributed by atoms with E-state index in [9.17, 15) is 4.39 Å². The monoisotopic (exact) mass is 263 g/mol. The van der Waals surface area contributed by atoms with E-state index in [-0.39, 0.29) is 11.9 Å². The summed E-state index contributed by atoms with van der Waals surface area (Å²) in [4.78, 5) is 0. The second kappa shape index (κ2) is 6.12. The Hall–Kier alpha value is -1.19. The standard InChI is InChI=1S/C15H18FNS/c1-3-17-15(8-12-6-7-18-10-12)14-9-13(16)5-4-11(14)2/h4-7,9-10,15,17H,3,8H2,1-2H3. The molecule has 1 N–H and O–H groups in total. The predicted octanol–water partition coefficient (Wildman–Crippen LogP) is 4.09. The predicted molar refractivity (Wildman–Crippen MR) is 75.6 cm³/mol. The molecule has 0 bridgehead atoms. The molecule has 0 spiro atoms. The lowest BCUT2D eigenvalue weighted by atomic mass is 9.96. The van der Waals surface area contributed by atoms with Gasteiger partial charge in [0.15, 0.2) is 0 Å². The van der Waals surface area contributed by atoms with Crippen LogP contribution in [-0.4, -0.2) is 6.54 Å². The molecular weight excluding hydrogens is 245 g/mol. The van der Waals surface area contributed by atoms with Gasteiger partial charge in [-0.1, -0.05) is 13.0 Å². The average molecular weight is 263 g/mol. The maximum absolute atomic E-state index is 13.4. The summed E-state index contributed by atoms with van der Waals surface area (Å²) in [7, 11) is 0. The van der Waals surface area contributed by atoms with E-state index >= 15 is 0 Å². The molecule has 1 atom stereocenters. The van der Waals surface area contributed by atoms with Gasteiger partial charge in [0.1, 0.15) is 5.82 Å². The Balaban J connectivity index is 2.26. The SMILES string of the molecule is CCNC(Cc1ccsc1)c1cc(F)ccc1C. The lowest BCUT2D eigenvalue weighted by Crippen LogP contribution is -2.23. The molecule has 0 aliphatic carbocycles. The number of thiophene rings is 1. The Morgan fingerprint density at radius 3 is 2.83 bits per heavy atom. The van der Waals surface area contributed by atoms with E-state index in [0.29, 0.717) is 0 Å². The lowest BCUT2D eigenvalue weighted by molar-refractivity contribution is 0.540. The number of hydrogen-bond donors (Lipinski definition) is 1. The summed E-state index contributed by atoms with van der Waals surface area (Å²) in [6, 6.07) is 7.33. The van der Waals surface area contributed by atoms with Crippen LogP contribution < -0.4 is 5.32 Å².